The van der Waals surface area contributed by atoms with Crippen molar-refractivity contribution in [2.24, 2.45) is 0 Å². The Balaban J connectivity index is 0.000000209. The summed E-state index contributed by atoms with van der Waals surface area (Å²) in [6.07, 6.45) is 3.53. The third kappa shape index (κ3) is 8.10. The number of hydrogen-bond donors (Lipinski definition) is 1. The summed E-state index contributed by atoms with van der Waals surface area (Å²) in [6, 6.07) is 31.1. The zero-order valence-corrected chi connectivity index (χ0v) is 25.9. The van der Waals surface area contributed by atoms with Crippen LogP contribution in [0.1, 0.15) is 25.5 Å². The van der Waals surface area contributed by atoms with E-state index in [2.05, 4.69) is 9.97 Å². The van der Waals surface area contributed by atoms with E-state index in [4.69, 9.17) is 19.3 Å². The highest BCUT2D eigenvalue weighted by atomic mass is 16.5. The zero-order chi connectivity index (χ0) is 32.5. The second-order valence-corrected chi connectivity index (χ2v) is 10.4. The van der Waals surface area contributed by atoms with Crippen LogP contribution in [0.25, 0.3) is 44.1 Å². The van der Waals surface area contributed by atoms with Crippen LogP contribution in [0.3, 0.4) is 0 Å². The van der Waals surface area contributed by atoms with Crippen molar-refractivity contribution in [2.75, 3.05) is 20.8 Å². The third-order valence-corrected chi connectivity index (χ3v) is 7.41. The number of carboxylic acid groups (broad SMARTS) is 1. The number of fused-ring (bicyclic) bond motifs is 2. The van der Waals surface area contributed by atoms with Crippen LogP contribution in [0.15, 0.2) is 109 Å². The molecule has 8 heteroatoms. The molecule has 0 amide bonds. The van der Waals surface area contributed by atoms with Crippen molar-refractivity contribution in [3.8, 4) is 33.8 Å². The predicted molar refractivity (Wildman–Crippen MR) is 186 cm³/mol. The number of rotatable bonds is 9. The number of nitrogens with zero attached hydrogens (tertiary/aromatic N) is 2. The van der Waals surface area contributed by atoms with E-state index >= 15 is 0 Å². The fourth-order valence-corrected chi connectivity index (χ4v) is 5.37. The van der Waals surface area contributed by atoms with Crippen LogP contribution in [-0.4, -0.2) is 47.8 Å². The van der Waals surface area contributed by atoms with Crippen molar-refractivity contribution in [1.82, 2.24) is 9.97 Å². The molecule has 6 rings (SSSR count). The lowest BCUT2D eigenvalue weighted by atomic mass is 9.95. The maximum Gasteiger partial charge on any atom is 0.310 e. The molecule has 1 N–H and O–H groups in total. The molecule has 0 radical (unpaired) electrons. The highest BCUT2D eigenvalue weighted by Gasteiger charge is 2.16. The molecular formula is C39H38N2O6. The Kier molecular flexibility index (Phi) is 11.6. The topological polar surface area (TPSA) is 108 Å². The lowest BCUT2D eigenvalue weighted by Gasteiger charge is -2.13. The molecule has 0 spiro atoms. The van der Waals surface area contributed by atoms with Crippen molar-refractivity contribution in [3.63, 3.8) is 0 Å². The van der Waals surface area contributed by atoms with Crippen molar-refractivity contribution >= 4 is 33.7 Å². The Morgan fingerprint density at radius 1 is 0.660 bits per heavy atom. The minimum atomic E-state index is -0.874. The van der Waals surface area contributed by atoms with E-state index in [9.17, 15) is 9.59 Å². The summed E-state index contributed by atoms with van der Waals surface area (Å²) in [5.74, 6) is 0.355. The van der Waals surface area contributed by atoms with Gasteiger partial charge in [-0.2, -0.15) is 0 Å². The minimum Gasteiger partial charge on any atom is -0.497 e. The average Bonchev–Trinajstić information content (AvgIpc) is 3.08. The highest BCUT2D eigenvalue weighted by molar-refractivity contribution is 5.99. The Bertz CT molecular complexity index is 1980. The molecule has 0 unspecified atom stereocenters. The molecule has 6 aromatic rings. The van der Waals surface area contributed by atoms with Crippen LogP contribution in [0.5, 0.6) is 11.5 Å². The van der Waals surface area contributed by atoms with Gasteiger partial charge in [-0.25, -0.2) is 0 Å². The number of hydrogen-bond acceptors (Lipinski definition) is 7. The van der Waals surface area contributed by atoms with E-state index in [1.807, 2.05) is 97.1 Å². The quantitative estimate of drug-likeness (QED) is 0.159. The maximum absolute atomic E-state index is 12.0. The fraction of sp³-hybridized carbons (Fsp3) is 0.179. The van der Waals surface area contributed by atoms with Gasteiger partial charge in [-0.15, -0.1) is 0 Å². The van der Waals surface area contributed by atoms with Crippen molar-refractivity contribution < 1.29 is 28.9 Å². The van der Waals surface area contributed by atoms with Gasteiger partial charge >= 0.3 is 11.9 Å². The number of carbonyl (C=O) groups excluding carboxylic acids is 1. The maximum atomic E-state index is 12.0. The molecule has 4 aromatic carbocycles. The number of ether oxygens (including phenoxy) is 3. The molecule has 240 valence electrons. The normalized spacial score (nSPS) is 10.4. The van der Waals surface area contributed by atoms with E-state index in [0.717, 1.165) is 61.1 Å². The van der Waals surface area contributed by atoms with Crippen molar-refractivity contribution in [1.29, 1.82) is 0 Å². The van der Waals surface area contributed by atoms with Crippen LogP contribution < -0.4 is 9.47 Å². The molecular weight excluding hydrogens is 592 g/mol. The Hall–Kier alpha value is -5.76. The lowest BCUT2D eigenvalue weighted by molar-refractivity contribution is -0.142. The smallest absolute Gasteiger partial charge is 0.310 e. The minimum absolute atomic E-state index is 0. The van der Waals surface area contributed by atoms with Gasteiger partial charge in [0, 0.05) is 23.2 Å². The monoisotopic (exact) mass is 630 g/mol. The first kappa shape index (κ1) is 34.1. The van der Waals surface area contributed by atoms with Gasteiger partial charge in [0.15, 0.2) is 0 Å². The Morgan fingerprint density at radius 2 is 1.11 bits per heavy atom. The van der Waals surface area contributed by atoms with E-state index in [0.29, 0.717) is 12.2 Å². The van der Waals surface area contributed by atoms with Gasteiger partial charge in [-0.3, -0.25) is 19.6 Å². The summed E-state index contributed by atoms with van der Waals surface area (Å²) in [5.41, 5.74) is 7.12. The van der Waals surface area contributed by atoms with E-state index < -0.39 is 5.97 Å². The second kappa shape index (κ2) is 16.0. The number of aliphatic carboxylic acids is 1. The van der Waals surface area contributed by atoms with Crippen molar-refractivity contribution in [2.45, 2.75) is 27.2 Å². The molecule has 0 aliphatic carbocycles. The van der Waals surface area contributed by atoms with Crippen LogP contribution >= 0.6 is 0 Å². The summed E-state index contributed by atoms with van der Waals surface area (Å²) in [5, 5.41) is 11.0. The number of pyridine rings is 2. The van der Waals surface area contributed by atoms with Crippen LogP contribution in [0.4, 0.5) is 0 Å². The number of aromatic nitrogens is 2. The SMILES string of the molecule is C.CCOC(=O)Cc1cnc2ccc(OC)cc2c1-c1ccccc1.COc1ccc2ncc(CC(=O)O)c(-c3ccccc3)c2c1. The second-order valence-electron chi connectivity index (χ2n) is 10.4. The summed E-state index contributed by atoms with van der Waals surface area (Å²) in [4.78, 5) is 32.0. The summed E-state index contributed by atoms with van der Waals surface area (Å²) in [6.45, 7) is 2.17. The first-order chi connectivity index (χ1) is 22.4. The molecule has 0 fully saturated rings. The largest absolute Gasteiger partial charge is 0.497 e. The molecule has 0 aliphatic heterocycles. The Labute approximate surface area is 274 Å². The van der Waals surface area contributed by atoms with Crippen molar-refractivity contribution in [3.05, 3.63) is 121 Å². The van der Waals surface area contributed by atoms with Gasteiger partial charge in [0.05, 0.1) is 44.7 Å². The first-order valence-electron chi connectivity index (χ1n) is 14.8. The first-order valence-corrected chi connectivity index (χ1v) is 14.8. The number of esters is 1. The molecule has 47 heavy (non-hydrogen) atoms. The van der Waals surface area contributed by atoms with Gasteiger partial charge in [-0.1, -0.05) is 68.1 Å². The van der Waals surface area contributed by atoms with Gasteiger partial charge in [-0.05, 0) is 76.7 Å². The summed E-state index contributed by atoms with van der Waals surface area (Å²) < 4.78 is 15.7. The highest BCUT2D eigenvalue weighted by Crippen LogP contribution is 2.35. The molecule has 0 aliphatic rings. The van der Waals surface area contributed by atoms with E-state index in [1.54, 1.807) is 33.5 Å². The average molecular weight is 631 g/mol. The van der Waals surface area contributed by atoms with E-state index in [1.165, 1.54) is 0 Å². The molecule has 0 atom stereocenters. The molecule has 0 saturated carbocycles. The van der Waals surface area contributed by atoms with Gasteiger partial charge in [0.25, 0.3) is 0 Å². The molecule has 0 bridgehead atoms. The summed E-state index contributed by atoms with van der Waals surface area (Å²) in [7, 11) is 3.25. The van der Waals surface area contributed by atoms with Gasteiger partial charge < -0.3 is 19.3 Å². The van der Waals surface area contributed by atoms with Crippen LogP contribution in [0.2, 0.25) is 0 Å². The number of methoxy groups -OCH3 is 2. The standard InChI is InChI=1S/C20H19NO3.C18H15NO3.CH4/c1-3-24-19(22)11-15-13-21-18-10-9-16(23-2)12-17(18)20(15)14-7-5-4-6-8-14;1-22-14-7-8-16-15(10-14)18(12-5-3-2-4-6-12)13(11-19-16)9-17(20)21;/h4-10,12-13H,3,11H2,1-2H3;2-8,10-11H,9H2,1H3,(H,20,21);1H4. The molecule has 2 aromatic heterocycles. The fourth-order valence-electron chi connectivity index (χ4n) is 5.37. The lowest BCUT2D eigenvalue weighted by Crippen LogP contribution is -2.09. The van der Waals surface area contributed by atoms with E-state index in [-0.39, 0.29) is 26.2 Å². The molecule has 0 saturated heterocycles. The number of carboxylic acids is 1. The molecule has 8 nitrogen and oxygen atoms in total. The summed E-state index contributed by atoms with van der Waals surface area (Å²) >= 11 is 0. The third-order valence-electron chi connectivity index (χ3n) is 7.41. The van der Waals surface area contributed by atoms with Crippen LogP contribution in [-0.2, 0) is 27.2 Å². The van der Waals surface area contributed by atoms with Gasteiger partial charge in [0.2, 0.25) is 0 Å². The van der Waals surface area contributed by atoms with Crippen LogP contribution in [0, 0.1) is 0 Å². The van der Waals surface area contributed by atoms with Gasteiger partial charge in [0.1, 0.15) is 11.5 Å². The zero-order valence-electron chi connectivity index (χ0n) is 25.9. The number of carbonyl (C=O) groups is 2. The predicted octanol–water partition coefficient (Wildman–Crippen LogP) is 8.19. The Morgan fingerprint density at radius 3 is 1.51 bits per heavy atom. The molecule has 2 heterocycles. The number of benzene rings is 4.